The molecule has 1 saturated carbocycles. The molecule has 160 valence electrons. The summed E-state index contributed by atoms with van der Waals surface area (Å²) in [6, 6.07) is 6.86. The number of urea groups is 1. The van der Waals surface area contributed by atoms with Crippen molar-refractivity contribution in [3.63, 3.8) is 0 Å². The fourth-order valence-corrected chi connectivity index (χ4v) is 5.27. The number of hydrogen-bond acceptors (Lipinski definition) is 5. The molecule has 0 unspecified atom stereocenters. The summed E-state index contributed by atoms with van der Waals surface area (Å²) >= 11 is 1.57. The zero-order valence-corrected chi connectivity index (χ0v) is 17.9. The third-order valence-corrected chi connectivity index (χ3v) is 7.13. The van der Waals surface area contributed by atoms with Crippen molar-refractivity contribution in [1.29, 1.82) is 0 Å². The van der Waals surface area contributed by atoms with Gasteiger partial charge in [0.15, 0.2) is 4.96 Å². The second kappa shape index (κ2) is 7.49. The minimum atomic E-state index is -0.852. The van der Waals surface area contributed by atoms with Gasteiger partial charge in [-0.2, -0.15) is 0 Å². The zero-order chi connectivity index (χ0) is 21.6. The summed E-state index contributed by atoms with van der Waals surface area (Å²) < 4.78 is 1.97. The monoisotopic (exact) mass is 437 g/mol. The average Bonchev–Trinajstić information content (AvgIpc) is 3.41. The largest absolute Gasteiger partial charge is 0.325 e. The summed E-state index contributed by atoms with van der Waals surface area (Å²) in [7, 11) is 0. The predicted octanol–water partition coefficient (Wildman–Crippen LogP) is 3.50. The van der Waals surface area contributed by atoms with Crippen molar-refractivity contribution in [2.45, 2.75) is 38.1 Å². The lowest BCUT2D eigenvalue weighted by molar-refractivity contribution is -0.136. The van der Waals surface area contributed by atoms with Gasteiger partial charge in [0.05, 0.1) is 5.69 Å². The molecular formula is C22H23N5O3S. The third-order valence-electron chi connectivity index (χ3n) is 6.36. The van der Waals surface area contributed by atoms with Crippen molar-refractivity contribution < 1.29 is 14.4 Å². The van der Waals surface area contributed by atoms with Crippen LogP contribution in [-0.2, 0) is 9.59 Å². The maximum Gasteiger partial charge on any atom is 0.325 e. The highest BCUT2D eigenvalue weighted by Crippen LogP contribution is 2.38. The number of nitrogens with zero attached hydrogens (tertiary/aromatic N) is 3. The van der Waals surface area contributed by atoms with Crippen molar-refractivity contribution >= 4 is 39.8 Å². The van der Waals surface area contributed by atoms with E-state index in [0.29, 0.717) is 12.1 Å². The molecule has 0 bridgehead atoms. The number of imide groups is 1. The highest BCUT2D eigenvalue weighted by molar-refractivity contribution is 7.15. The van der Waals surface area contributed by atoms with Gasteiger partial charge in [-0.15, -0.1) is 11.3 Å². The van der Waals surface area contributed by atoms with E-state index in [1.54, 1.807) is 23.5 Å². The molecule has 3 heterocycles. The molecule has 4 amide bonds. The number of benzene rings is 1. The van der Waals surface area contributed by atoms with Gasteiger partial charge in [-0.05, 0) is 30.9 Å². The molecule has 0 radical (unpaired) electrons. The smallest absolute Gasteiger partial charge is 0.325 e. The molecule has 2 aliphatic rings. The van der Waals surface area contributed by atoms with Gasteiger partial charge >= 0.3 is 6.03 Å². The van der Waals surface area contributed by atoms with E-state index < -0.39 is 17.5 Å². The summed E-state index contributed by atoms with van der Waals surface area (Å²) in [5.41, 5.74) is 1.55. The van der Waals surface area contributed by atoms with Gasteiger partial charge in [0, 0.05) is 29.0 Å². The van der Waals surface area contributed by atoms with E-state index in [9.17, 15) is 14.4 Å². The first-order valence-electron chi connectivity index (χ1n) is 10.4. The van der Waals surface area contributed by atoms with Gasteiger partial charge < -0.3 is 10.6 Å². The normalized spacial score (nSPS) is 23.5. The van der Waals surface area contributed by atoms with E-state index in [0.717, 1.165) is 40.4 Å². The van der Waals surface area contributed by atoms with Gasteiger partial charge in [0.25, 0.3) is 5.91 Å². The van der Waals surface area contributed by atoms with E-state index in [4.69, 9.17) is 0 Å². The summed E-state index contributed by atoms with van der Waals surface area (Å²) in [5.74, 6) is -0.620. The van der Waals surface area contributed by atoms with Crippen LogP contribution < -0.4 is 10.6 Å². The SMILES string of the molecule is C[C@H]1CCCC[C@@]12NC(=O)N(CC(=O)Nc1ccc(-c3cn4ccsc4n3)cc1)C2=O. The van der Waals surface area contributed by atoms with Gasteiger partial charge in [-0.3, -0.25) is 18.9 Å². The lowest BCUT2D eigenvalue weighted by Gasteiger charge is -2.36. The van der Waals surface area contributed by atoms with Gasteiger partial charge in [0.2, 0.25) is 5.91 Å². The van der Waals surface area contributed by atoms with Crippen molar-refractivity contribution in [2.75, 3.05) is 11.9 Å². The van der Waals surface area contributed by atoms with Crippen LogP contribution in [0.15, 0.2) is 42.0 Å². The number of fused-ring (bicyclic) bond motifs is 1. The van der Waals surface area contributed by atoms with Crippen LogP contribution in [0.4, 0.5) is 10.5 Å². The number of aromatic nitrogens is 2. The molecule has 2 fully saturated rings. The number of thiazole rings is 1. The Labute approximate surface area is 183 Å². The standard InChI is InChI=1S/C22H23N5O3S/c1-14-4-2-3-9-22(14)19(29)27(20(30)25-22)13-18(28)23-16-7-5-15(6-8-16)17-12-26-10-11-31-21(26)24-17/h5-8,10-12,14H,2-4,9,13H2,1H3,(H,23,28)(H,25,30)/t14-,22+/m0/s1. The number of nitrogens with one attached hydrogen (secondary N) is 2. The van der Waals surface area contributed by atoms with Gasteiger partial charge in [-0.1, -0.05) is 31.9 Å². The lowest BCUT2D eigenvalue weighted by atomic mass is 9.73. The Morgan fingerprint density at radius 2 is 2.10 bits per heavy atom. The Morgan fingerprint density at radius 3 is 2.84 bits per heavy atom. The van der Waals surface area contributed by atoms with E-state index >= 15 is 0 Å². The van der Waals surface area contributed by atoms with Crippen molar-refractivity contribution in [1.82, 2.24) is 19.6 Å². The van der Waals surface area contributed by atoms with Crippen LogP contribution in [0.2, 0.25) is 0 Å². The highest BCUT2D eigenvalue weighted by Gasteiger charge is 2.55. The first-order chi connectivity index (χ1) is 15.0. The van der Waals surface area contributed by atoms with Crippen molar-refractivity contribution in [2.24, 2.45) is 5.92 Å². The molecule has 5 rings (SSSR count). The summed E-state index contributed by atoms with van der Waals surface area (Å²) in [5, 5.41) is 7.63. The molecule has 3 aromatic rings. The molecule has 8 nitrogen and oxygen atoms in total. The predicted molar refractivity (Wildman–Crippen MR) is 118 cm³/mol. The van der Waals surface area contributed by atoms with Crippen LogP contribution in [0, 0.1) is 5.92 Å². The number of carbonyl (C=O) groups is 3. The Balaban J connectivity index is 1.25. The number of imidazole rings is 1. The Morgan fingerprint density at radius 1 is 1.29 bits per heavy atom. The van der Waals surface area contributed by atoms with Crippen LogP contribution in [-0.4, -0.2) is 44.2 Å². The van der Waals surface area contributed by atoms with Crippen molar-refractivity contribution in [3.8, 4) is 11.3 Å². The van der Waals surface area contributed by atoms with Crippen LogP contribution >= 0.6 is 11.3 Å². The summed E-state index contributed by atoms with van der Waals surface area (Å²) in [6.07, 6.45) is 7.40. The molecule has 2 aromatic heterocycles. The fourth-order valence-electron chi connectivity index (χ4n) is 4.57. The van der Waals surface area contributed by atoms with Gasteiger partial charge in [0.1, 0.15) is 12.1 Å². The molecule has 2 atom stereocenters. The Kier molecular flexibility index (Phi) is 4.77. The molecular weight excluding hydrogens is 414 g/mol. The van der Waals surface area contributed by atoms with E-state index in [1.807, 2.05) is 41.2 Å². The molecule has 31 heavy (non-hydrogen) atoms. The van der Waals surface area contributed by atoms with E-state index in [1.165, 1.54) is 0 Å². The van der Waals surface area contributed by atoms with Crippen LogP contribution in [0.3, 0.4) is 0 Å². The first-order valence-corrected chi connectivity index (χ1v) is 11.3. The maximum absolute atomic E-state index is 13.0. The Hall–Kier alpha value is -3.20. The minimum Gasteiger partial charge on any atom is -0.325 e. The van der Waals surface area contributed by atoms with Gasteiger partial charge in [-0.25, -0.2) is 9.78 Å². The van der Waals surface area contributed by atoms with Crippen LogP contribution in [0.1, 0.15) is 32.6 Å². The highest BCUT2D eigenvalue weighted by atomic mass is 32.1. The maximum atomic E-state index is 13.0. The Bertz CT molecular complexity index is 1140. The molecule has 1 aliphatic heterocycles. The molecule has 9 heteroatoms. The molecule has 2 N–H and O–H groups in total. The number of amides is 4. The molecule has 1 spiro atoms. The van der Waals surface area contributed by atoms with Crippen LogP contribution in [0.5, 0.6) is 0 Å². The summed E-state index contributed by atoms with van der Waals surface area (Å²) in [4.78, 5) is 44.5. The number of rotatable bonds is 4. The molecule has 1 saturated heterocycles. The fraction of sp³-hybridized carbons (Fsp3) is 0.364. The molecule has 1 aliphatic carbocycles. The summed E-state index contributed by atoms with van der Waals surface area (Å²) in [6.45, 7) is 1.70. The van der Waals surface area contributed by atoms with E-state index in [-0.39, 0.29) is 18.4 Å². The zero-order valence-electron chi connectivity index (χ0n) is 17.1. The average molecular weight is 438 g/mol. The third kappa shape index (κ3) is 3.38. The minimum absolute atomic E-state index is 0.0662. The van der Waals surface area contributed by atoms with E-state index in [2.05, 4.69) is 15.6 Å². The second-order valence-electron chi connectivity index (χ2n) is 8.28. The molecule has 1 aromatic carbocycles. The lowest BCUT2D eigenvalue weighted by Crippen LogP contribution is -2.54. The van der Waals surface area contributed by atoms with Crippen LogP contribution in [0.25, 0.3) is 16.2 Å². The quantitative estimate of drug-likeness (QED) is 0.611. The number of hydrogen-bond donors (Lipinski definition) is 2. The number of carbonyl (C=O) groups excluding carboxylic acids is 3. The second-order valence-corrected chi connectivity index (χ2v) is 9.16. The first kappa shape index (κ1) is 19.7. The topological polar surface area (TPSA) is 95.8 Å². The number of anilines is 1. The van der Waals surface area contributed by atoms with Crippen molar-refractivity contribution in [3.05, 3.63) is 42.0 Å².